The predicted octanol–water partition coefficient (Wildman–Crippen LogP) is 2.09. The van der Waals surface area contributed by atoms with Gasteiger partial charge in [0, 0.05) is 18.5 Å². The summed E-state index contributed by atoms with van der Waals surface area (Å²) in [6.45, 7) is 1.80. The molecule has 2 aromatic rings. The Kier molecular flexibility index (Phi) is 3.41. The van der Waals surface area contributed by atoms with Crippen molar-refractivity contribution < 1.29 is 9.32 Å². The van der Waals surface area contributed by atoms with Crippen molar-refractivity contribution in [3.63, 3.8) is 0 Å². The van der Waals surface area contributed by atoms with Gasteiger partial charge >= 0.3 is 6.03 Å². The molecule has 1 fully saturated rings. The van der Waals surface area contributed by atoms with Crippen LogP contribution in [0.1, 0.15) is 31.0 Å². The molecule has 0 unspecified atom stereocenters. The smallest absolute Gasteiger partial charge is 0.321 e. The number of anilines is 1. The van der Waals surface area contributed by atoms with E-state index in [4.69, 9.17) is 4.52 Å². The van der Waals surface area contributed by atoms with E-state index in [0.29, 0.717) is 5.88 Å². The molecule has 7 nitrogen and oxygen atoms in total. The van der Waals surface area contributed by atoms with Gasteiger partial charge in [-0.05, 0) is 32.3 Å². The van der Waals surface area contributed by atoms with E-state index in [9.17, 15) is 4.79 Å². The molecule has 0 bridgehead atoms. The molecule has 0 saturated heterocycles. The van der Waals surface area contributed by atoms with Crippen molar-refractivity contribution in [2.24, 2.45) is 0 Å². The van der Waals surface area contributed by atoms with Crippen molar-refractivity contribution in [2.75, 3.05) is 5.32 Å². The van der Waals surface area contributed by atoms with Gasteiger partial charge in [-0.15, -0.1) is 0 Å². The molecule has 1 aliphatic rings. The number of carbonyl (C=O) groups is 1. The quantitative estimate of drug-likeness (QED) is 0.898. The van der Waals surface area contributed by atoms with Crippen molar-refractivity contribution in [1.29, 1.82) is 0 Å². The van der Waals surface area contributed by atoms with Crippen LogP contribution in [0.3, 0.4) is 0 Å². The van der Waals surface area contributed by atoms with Crippen LogP contribution in [0.15, 0.2) is 29.0 Å². The van der Waals surface area contributed by atoms with Crippen LogP contribution in [0.5, 0.6) is 0 Å². The summed E-state index contributed by atoms with van der Waals surface area (Å²) in [5.74, 6) is 0.355. The minimum Gasteiger partial charge on any atom is -0.338 e. The van der Waals surface area contributed by atoms with Crippen molar-refractivity contribution in [3.05, 3.63) is 30.2 Å². The summed E-state index contributed by atoms with van der Waals surface area (Å²) in [6.07, 6.45) is 6.74. The molecule has 2 atom stereocenters. The average Bonchev–Trinajstić information content (AvgIpc) is 3.10. The monoisotopic (exact) mass is 275 g/mol. The first-order valence-corrected chi connectivity index (χ1v) is 6.72. The summed E-state index contributed by atoms with van der Waals surface area (Å²) in [5.41, 5.74) is 0.732. The molecule has 2 N–H and O–H groups in total. The maximum Gasteiger partial charge on any atom is 0.321 e. The largest absolute Gasteiger partial charge is 0.338 e. The lowest BCUT2D eigenvalue weighted by molar-refractivity contribution is 0.243. The fourth-order valence-electron chi connectivity index (χ4n) is 2.64. The van der Waals surface area contributed by atoms with Gasteiger partial charge in [-0.2, -0.15) is 5.10 Å². The number of nitrogens with zero attached hydrogens (tertiary/aromatic N) is 3. The van der Waals surface area contributed by atoms with Crippen molar-refractivity contribution in [1.82, 2.24) is 20.3 Å². The molecule has 1 aliphatic carbocycles. The maximum absolute atomic E-state index is 12.0. The highest BCUT2D eigenvalue weighted by Crippen LogP contribution is 2.29. The molecule has 0 spiro atoms. The van der Waals surface area contributed by atoms with E-state index in [1.165, 1.54) is 0 Å². The zero-order chi connectivity index (χ0) is 13.9. The van der Waals surface area contributed by atoms with Crippen molar-refractivity contribution in [3.8, 4) is 0 Å². The third-order valence-electron chi connectivity index (χ3n) is 3.53. The summed E-state index contributed by atoms with van der Waals surface area (Å²) in [6, 6.07) is 3.60. The molecule has 2 aromatic heterocycles. The minimum atomic E-state index is -0.273. The molecule has 0 aliphatic heterocycles. The topological polar surface area (TPSA) is 85.0 Å². The Bertz CT molecular complexity index is 577. The number of rotatable bonds is 3. The number of hydrogen-bond donors (Lipinski definition) is 2. The fourth-order valence-corrected chi connectivity index (χ4v) is 2.64. The van der Waals surface area contributed by atoms with Gasteiger partial charge in [0.2, 0.25) is 5.88 Å². The first-order valence-electron chi connectivity index (χ1n) is 6.72. The Hall–Kier alpha value is -2.31. The van der Waals surface area contributed by atoms with Crippen LogP contribution in [-0.4, -0.2) is 27.0 Å². The number of aromatic nitrogens is 3. The number of aryl methyl sites for hydroxylation is 1. The normalized spacial score (nSPS) is 21.9. The highest BCUT2D eigenvalue weighted by Gasteiger charge is 2.30. The molecule has 0 aromatic carbocycles. The van der Waals surface area contributed by atoms with Gasteiger partial charge in [-0.25, -0.2) is 4.79 Å². The second kappa shape index (κ2) is 5.36. The molecule has 7 heteroatoms. The Morgan fingerprint density at radius 1 is 1.50 bits per heavy atom. The lowest BCUT2D eigenvalue weighted by atomic mass is 10.2. The molecule has 106 valence electrons. The van der Waals surface area contributed by atoms with Crippen LogP contribution in [-0.2, 0) is 0 Å². The van der Waals surface area contributed by atoms with Gasteiger partial charge in [0.25, 0.3) is 0 Å². The van der Waals surface area contributed by atoms with E-state index in [-0.39, 0.29) is 18.1 Å². The highest BCUT2D eigenvalue weighted by atomic mass is 16.5. The Balaban J connectivity index is 1.60. The van der Waals surface area contributed by atoms with E-state index < -0.39 is 0 Å². The number of carbonyl (C=O) groups excluding carboxylic acids is 1. The second-order valence-electron chi connectivity index (χ2n) is 5.02. The number of amides is 2. The minimum absolute atomic E-state index is 0.0823. The zero-order valence-electron chi connectivity index (χ0n) is 11.2. The average molecular weight is 275 g/mol. The molecule has 2 amide bonds. The van der Waals surface area contributed by atoms with Crippen LogP contribution < -0.4 is 10.6 Å². The molecule has 20 heavy (non-hydrogen) atoms. The Morgan fingerprint density at radius 2 is 2.40 bits per heavy atom. The lowest BCUT2D eigenvalue weighted by Gasteiger charge is -2.21. The molecular formula is C13H17N5O2. The Morgan fingerprint density at radius 3 is 3.10 bits per heavy atom. The third-order valence-corrected chi connectivity index (χ3v) is 3.53. The van der Waals surface area contributed by atoms with Crippen molar-refractivity contribution in [2.45, 2.75) is 38.3 Å². The van der Waals surface area contributed by atoms with Crippen molar-refractivity contribution >= 4 is 11.9 Å². The highest BCUT2D eigenvalue weighted by molar-refractivity contribution is 5.88. The van der Waals surface area contributed by atoms with E-state index in [1.807, 2.05) is 16.9 Å². The lowest BCUT2D eigenvalue weighted by Crippen LogP contribution is -2.40. The molecule has 3 rings (SSSR count). The third kappa shape index (κ3) is 2.66. The first-order chi connectivity index (χ1) is 9.72. The zero-order valence-corrected chi connectivity index (χ0v) is 11.2. The summed E-state index contributed by atoms with van der Waals surface area (Å²) in [7, 11) is 0. The van der Waals surface area contributed by atoms with Gasteiger partial charge in [0.15, 0.2) is 0 Å². The van der Waals surface area contributed by atoms with E-state index in [2.05, 4.69) is 20.9 Å². The second-order valence-corrected chi connectivity index (χ2v) is 5.02. The van der Waals surface area contributed by atoms with Crippen LogP contribution in [0.4, 0.5) is 10.7 Å². The van der Waals surface area contributed by atoms with E-state index in [1.54, 1.807) is 19.2 Å². The predicted molar refractivity (Wildman–Crippen MR) is 72.3 cm³/mol. The summed E-state index contributed by atoms with van der Waals surface area (Å²) in [4.78, 5) is 12.0. The SMILES string of the molecule is Cc1cc(NC(=O)N[C@@H]2CCC[C@@H]2n2cccn2)on1. The van der Waals surface area contributed by atoms with Gasteiger partial charge in [-0.1, -0.05) is 5.16 Å². The summed E-state index contributed by atoms with van der Waals surface area (Å²) < 4.78 is 6.87. The van der Waals surface area contributed by atoms with Gasteiger partial charge in [-0.3, -0.25) is 10.00 Å². The first kappa shape index (κ1) is 12.7. The molecule has 1 saturated carbocycles. The van der Waals surface area contributed by atoms with E-state index in [0.717, 1.165) is 25.0 Å². The van der Waals surface area contributed by atoms with Crippen LogP contribution in [0, 0.1) is 6.92 Å². The number of hydrogen-bond acceptors (Lipinski definition) is 4. The Labute approximate surface area is 116 Å². The summed E-state index contributed by atoms with van der Waals surface area (Å²) >= 11 is 0. The molecule has 0 radical (unpaired) electrons. The van der Waals surface area contributed by atoms with E-state index >= 15 is 0 Å². The van der Waals surface area contributed by atoms with Gasteiger partial charge < -0.3 is 9.84 Å². The van der Waals surface area contributed by atoms with Gasteiger partial charge in [0.05, 0.1) is 17.8 Å². The molecule has 2 heterocycles. The number of nitrogens with one attached hydrogen (secondary N) is 2. The van der Waals surface area contributed by atoms with Crippen LogP contribution in [0.25, 0.3) is 0 Å². The maximum atomic E-state index is 12.0. The molecular weight excluding hydrogens is 258 g/mol. The van der Waals surface area contributed by atoms with Crippen LogP contribution >= 0.6 is 0 Å². The summed E-state index contributed by atoms with van der Waals surface area (Å²) in [5, 5.41) is 13.6. The number of urea groups is 1. The fraction of sp³-hybridized carbons (Fsp3) is 0.462. The standard InChI is InChI=1S/C13H17N5O2/c1-9-8-12(20-17-9)16-13(19)15-10-4-2-5-11(10)18-7-3-6-14-18/h3,6-8,10-11H,2,4-5H2,1H3,(H2,15,16,19)/t10-,11+/m1/s1. The van der Waals surface area contributed by atoms with Gasteiger partial charge in [0.1, 0.15) is 0 Å². The van der Waals surface area contributed by atoms with Crippen LogP contribution in [0.2, 0.25) is 0 Å².